The van der Waals surface area contributed by atoms with Crippen LogP contribution in [0.1, 0.15) is 12.8 Å². The minimum atomic E-state index is 0.208. The lowest BCUT2D eigenvalue weighted by Crippen LogP contribution is -2.22. The van der Waals surface area contributed by atoms with Gasteiger partial charge in [0.1, 0.15) is 0 Å². The Balaban J connectivity index is 1.87. The SMILES string of the molecule is Nc1nc(Nc2ccc(Cl)cc2Br)nc(N2CCCC2)n1. The van der Waals surface area contributed by atoms with E-state index in [0.717, 1.165) is 36.1 Å². The summed E-state index contributed by atoms with van der Waals surface area (Å²) < 4.78 is 0.830. The van der Waals surface area contributed by atoms with Crippen LogP contribution < -0.4 is 16.0 Å². The molecule has 0 spiro atoms. The molecule has 3 N–H and O–H groups in total. The first-order valence-electron chi connectivity index (χ1n) is 6.60. The number of rotatable bonds is 3. The fourth-order valence-corrected chi connectivity index (χ4v) is 2.99. The highest BCUT2D eigenvalue weighted by Crippen LogP contribution is 2.28. The third-order valence-corrected chi connectivity index (χ3v) is 4.10. The molecule has 1 saturated heterocycles. The molecular weight excluding hydrogens is 356 g/mol. The van der Waals surface area contributed by atoms with Gasteiger partial charge >= 0.3 is 0 Å². The molecule has 0 atom stereocenters. The zero-order chi connectivity index (χ0) is 14.8. The van der Waals surface area contributed by atoms with Crippen molar-refractivity contribution >= 4 is 51.1 Å². The molecule has 1 aliphatic heterocycles. The quantitative estimate of drug-likeness (QED) is 0.865. The first kappa shape index (κ1) is 14.3. The van der Waals surface area contributed by atoms with E-state index in [1.165, 1.54) is 0 Å². The summed E-state index contributed by atoms with van der Waals surface area (Å²) in [4.78, 5) is 14.9. The summed E-state index contributed by atoms with van der Waals surface area (Å²) in [7, 11) is 0. The van der Waals surface area contributed by atoms with E-state index in [0.29, 0.717) is 16.9 Å². The van der Waals surface area contributed by atoms with Crippen LogP contribution in [-0.2, 0) is 0 Å². The minimum Gasteiger partial charge on any atom is -0.368 e. The van der Waals surface area contributed by atoms with Crippen molar-refractivity contribution in [2.75, 3.05) is 29.0 Å². The predicted octanol–water partition coefficient (Wildman–Crippen LogP) is 3.21. The molecule has 0 unspecified atom stereocenters. The second-order valence-electron chi connectivity index (χ2n) is 4.76. The fraction of sp³-hybridized carbons (Fsp3) is 0.308. The summed E-state index contributed by atoms with van der Waals surface area (Å²) in [6.07, 6.45) is 2.30. The largest absolute Gasteiger partial charge is 0.368 e. The molecule has 2 heterocycles. The van der Waals surface area contributed by atoms with E-state index in [1.54, 1.807) is 12.1 Å². The molecule has 110 valence electrons. The molecule has 0 saturated carbocycles. The topological polar surface area (TPSA) is 80.0 Å². The van der Waals surface area contributed by atoms with Crippen molar-refractivity contribution in [3.05, 3.63) is 27.7 Å². The van der Waals surface area contributed by atoms with Crippen molar-refractivity contribution in [1.29, 1.82) is 0 Å². The van der Waals surface area contributed by atoms with Gasteiger partial charge in [-0.3, -0.25) is 0 Å². The van der Waals surface area contributed by atoms with Gasteiger partial charge in [0.05, 0.1) is 5.69 Å². The zero-order valence-electron chi connectivity index (χ0n) is 11.2. The maximum Gasteiger partial charge on any atom is 0.233 e. The number of nitrogen functional groups attached to an aromatic ring is 1. The highest BCUT2D eigenvalue weighted by atomic mass is 79.9. The van der Waals surface area contributed by atoms with Crippen LogP contribution in [-0.4, -0.2) is 28.0 Å². The van der Waals surface area contributed by atoms with Crippen LogP contribution in [0, 0.1) is 0 Å². The number of halogens is 2. The van der Waals surface area contributed by atoms with Gasteiger partial charge in [0.2, 0.25) is 17.8 Å². The monoisotopic (exact) mass is 368 g/mol. The summed E-state index contributed by atoms with van der Waals surface area (Å²) in [5.41, 5.74) is 6.60. The Morgan fingerprint density at radius 1 is 1.19 bits per heavy atom. The number of benzene rings is 1. The molecule has 21 heavy (non-hydrogen) atoms. The Morgan fingerprint density at radius 2 is 1.95 bits per heavy atom. The number of aromatic nitrogens is 3. The van der Waals surface area contributed by atoms with Crippen molar-refractivity contribution in [3.8, 4) is 0 Å². The molecule has 0 aliphatic carbocycles. The highest BCUT2D eigenvalue weighted by molar-refractivity contribution is 9.10. The number of anilines is 4. The van der Waals surface area contributed by atoms with Crippen molar-refractivity contribution in [2.45, 2.75) is 12.8 Å². The molecule has 6 nitrogen and oxygen atoms in total. The van der Waals surface area contributed by atoms with Gasteiger partial charge in [-0.25, -0.2) is 0 Å². The normalized spacial score (nSPS) is 14.5. The average Bonchev–Trinajstić information content (AvgIpc) is 2.95. The predicted molar refractivity (Wildman–Crippen MR) is 88.1 cm³/mol. The van der Waals surface area contributed by atoms with Gasteiger partial charge in [0.15, 0.2) is 0 Å². The average molecular weight is 370 g/mol. The summed E-state index contributed by atoms with van der Waals surface area (Å²) in [5.74, 6) is 1.25. The van der Waals surface area contributed by atoms with Crippen LogP contribution in [0.4, 0.5) is 23.5 Å². The van der Waals surface area contributed by atoms with Crippen molar-refractivity contribution in [2.24, 2.45) is 0 Å². The number of nitrogens with two attached hydrogens (primary N) is 1. The second kappa shape index (κ2) is 6.03. The number of nitrogens with zero attached hydrogens (tertiary/aromatic N) is 4. The second-order valence-corrected chi connectivity index (χ2v) is 6.05. The number of hydrogen-bond acceptors (Lipinski definition) is 6. The van der Waals surface area contributed by atoms with Gasteiger partial charge in [-0.15, -0.1) is 0 Å². The van der Waals surface area contributed by atoms with Crippen LogP contribution in [0.2, 0.25) is 5.02 Å². The maximum absolute atomic E-state index is 5.93. The van der Waals surface area contributed by atoms with E-state index in [9.17, 15) is 0 Å². The van der Waals surface area contributed by atoms with E-state index in [2.05, 4.69) is 41.1 Å². The first-order chi connectivity index (χ1) is 10.1. The first-order valence-corrected chi connectivity index (χ1v) is 7.77. The van der Waals surface area contributed by atoms with Gasteiger partial charge in [0, 0.05) is 22.6 Å². The summed E-state index contributed by atoms with van der Waals surface area (Å²) in [5, 5.41) is 3.78. The number of hydrogen-bond donors (Lipinski definition) is 2. The molecule has 1 aromatic carbocycles. The van der Waals surface area contributed by atoms with E-state index in [4.69, 9.17) is 17.3 Å². The van der Waals surface area contributed by atoms with E-state index >= 15 is 0 Å². The van der Waals surface area contributed by atoms with Gasteiger partial charge < -0.3 is 16.0 Å². The summed E-state index contributed by atoms with van der Waals surface area (Å²) in [6.45, 7) is 1.90. The molecule has 0 amide bonds. The van der Waals surface area contributed by atoms with Crippen molar-refractivity contribution in [3.63, 3.8) is 0 Å². The van der Waals surface area contributed by atoms with E-state index in [1.807, 2.05) is 6.07 Å². The van der Waals surface area contributed by atoms with Crippen LogP contribution >= 0.6 is 27.5 Å². The Bertz CT molecular complexity index is 659. The molecule has 2 aromatic rings. The van der Waals surface area contributed by atoms with E-state index < -0.39 is 0 Å². The van der Waals surface area contributed by atoms with Crippen LogP contribution in [0.5, 0.6) is 0 Å². The Kier molecular flexibility index (Phi) is 4.12. The smallest absolute Gasteiger partial charge is 0.233 e. The van der Waals surface area contributed by atoms with Gasteiger partial charge in [-0.05, 0) is 47.0 Å². The van der Waals surface area contributed by atoms with Crippen molar-refractivity contribution in [1.82, 2.24) is 15.0 Å². The lowest BCUT2D eigenvalue weighted by atomic mass is 10.3. The Labute approximate surface area is 135 Å². The molecule has 3 rings (SSSR count). The Morgan fingerprint density at radius 3 is 2.67 bits per heavy atom. The van der Waals surface area contributed by atoms with Crippen molar-refractivity contribution < 1.29 is 0 Å². The number of nitrogens with one attached hydrogen (secondary N) is 1. The summed E-state index contributed by atoms with van der Waals surface area (Å²) >= 11 is 9.38. The maximum atomic E-state index is 5.93. The molecule has 8 heteroatoms. The molecule has 1 fully saturated rings. The fourth-order valence-electron chi connectivity index (χ4n) is 2.21. The summed E-state index contributed by atoms with van der Waals surface area (Å²) in [6, 6.07) is 5.44. The molecular formula is C13H14BrClN6. The van der Waals surface area contributed by atoms with Gasteiger partial charge in [-0.1, -0.05) is 11.6 Å². The lowest BCUT2D eigenvalue weighted by Gasteiger charge is -2.16. The molecule has 1 aromatic heterocycles. The molecule has 1 aliphatic rings. The zero-order valence-corrected chi connectivity index (χ0v) is 13.5. The van der Waals surface area contributed by atoms with Crippen LogP contribution in [0.15, 0.2) is 22.7 Å². The molecule has 0 radical (unpaired) electrons. The van der Waals surface area contributed by atoms with Gasteiger partial charge in [0.25, 0.3) is 0 Å². The Hall–Kier alpha value is -1.60. The van der Waals surface area contributed by atoms with E-state index in [-0.39, 0.29) is 5.95 Å². The highest BCUT2D eigenvalue weighted by Gasteiger charge is 2.17. The lowest BCUT2D eigenvalue weighted by molar-refractivity contribution is 0.887. The minimum absolute atomic E-state index is 0.208. The third-order valence-electron chi connectivity index (χ3n) is 3.21. The standard InChI is InChI=1S/C13H14BrClN6/c14-9-7-8(15)3-4-10(9)17-12-18-11(16)19-13(20-12)21-5-1-2-6-21/h3-4,7H,1-2,5-6H2,(H3,16,17,18,19,20). The third kappa shape index (κ3) is 3.36. The van der Waals surface area contributed by atoms with Crippen LogP contribution in [0.25, 0.3) is 0 Å². The van der Waals surface area contributed by atoms with Gasteiger partial charge in [-0.2, -0.15) is 15.0 Å². The van der Waals surface area contributed by atoms with Crippen LogP contribution in [0.3, 0.4) is 0 Å². The molecule has 0 bridgehead atoms.